The van der Waals surface area contributed by atoms with Gasteiger partial charge in [-0.05, 0) is 61.2 Å². The molecule has 9 heteroatoms. The highest BCUT2D eigenvalue weighted by molar-refractivity contribution is 9.10. The number of carbonyl (C=O) groups excluding carboxylic acids is 2. The molecule has 7 nitrogen and oxygen atoms in total. The number of aromatic hydroxyl groups is 1. The van der Waals surface area contributed by atoms with Gasteiger partial charge in [-0.25, -0.2) is 10.3 Å². The first-order valence-electron chi connectivity index (χ1n) is 9.12. The predicted molar refractivity (Wildman–Crippen MR) is 120 cm³/mol. The molecular weight excluding hydrogens is 520 g/mol. The summed E-state index contributed by atoms with van der Waals surface area (Å²) in [7, 11) is 0. The minimum Gasteiger partial charge on any atom is -0.508 e. The molecule has 2 aromatic rings. The van der Waals surface area contributed by atoms with Gasteiger partial charge in [0.15, 0.2) is 0 Å². The fourth-order valence-corrected chi connectivity index (χ4v) is 3.42. The summed E-state index contributed by atoms with van der Waals surface area (Å²) in [6, 6.07) is 12.0. The van der Waals surface area contributed by atoms with Crippen LogP contribution in [0.4, 0.5) is 10.5 Å². The number of ether oxygens (including phenoxy) is 1. The number of halogens is 2. The van der Waals surface area contributed by atoms with Crippen LogP contribution >= 0.6 is 31.9 Å². The zero-order chi connectivity index (χ0) is 22.1. The molecule has 2 amide bonds. The molecule has 2 atom stereocenters. The van der Waals surface area contributed by atoms with Crippen molar-refractivity contribution in [1.82, 2.24) is 5.48 Å². The Bertz CT molecular complexity index is 903. The summed E-state index contributed by atoms with van der Waals surface area (Å²) in [6.45, 7) is 1.89. The Labute approximate surface area is 191 Å². The molecule has 0 saturated heterocycles. The highest BCUT2D eigenvalue weighted by Gasteiger charge is 2.26. The maximum absolute atomic E-state index is 12.5. The van der Waals surface area contributed by atoms with Gasteiger partial charge in [0.25, 0.3) is 5.91 Å². The summed E-state index contributed by atoms with van der Waals surface area (Å²) >= 11 is 6.72. The first-order valence-corrected chi connectivity index (χ1v) is 10.7. The second kappa shape index (κ2) is 11.7. The monoisotopic (exact) mass is 540 g/mol. The van der Waals surface area contributed by atoms with E-state index in [0.717, 1.165) is 8.95 Å². The maximum atomic E-state index is 12.5. The van der Waals surface area contributed by atoms with Crippen molar-refractivity contribution >= 4 is 49.5 Å². The first-order chi connectivity index (χ1) is 14.3. The number of hydrogen-bond donors (Lipinski definition) is 4. The van der Waals surface area contributed by atoms with Gasteiger partial charge in [-0.3, -0.25) is 15.3 Å². The highest BCUT2D eigenvalue weighted by Crippen LogP contribution is 2.36. The number of phenolic OH excluding ortho intramolecular Hbond substituents is 1. The van der Waals surface area contributed by atoms with Gasteiger partial charge in [-0.1, -0.05) is 44.9 Å². The van der Waals surface area contributed by atoms with Crippen LogP contribution in [-0.4, -0.2) is 22.3 Å². The molecule has 160 valence electrons. The molecule has 0 spiro atoms. The van der Waals surface area contributed by atoms with Crippen molar-refractivity contribution in [1.29, 1.82) is 0 Å². The van der Waals surface area contributed by atoms with Crippen LogP contribution in [0.3, 0.4) is 0 Å². The Kier molecular flexibility index (Phi) is 9.35. The van der Waals surface area contributed by atoms with Gasteiger partial charge in [0.1, 0.15) is 11.9 Å². The number of rotatable bonds is 8. The van der Waals surface area contributed by atoms with E-state index < -0.39 is 18.1 Å². The summed E-state index contributed by atoms with van der Waals surface area (Å²) < 4.78 is 7.31. The number of hydrogen-bond acceptors (Lipinski definition) is 5. The molecule has 0 aliphatic heterocycles. The van der Waals surface area contributed by atoms with Crippen LogP contribution in [0.25, 0.3) is 0 Å². The average molecular weight is 542 g/mol. The van der Waals surface area contributed by atoms with Gasteiger partial charge >= 0.3 is 6.09 Å². The second-order valence-electron chi connectivity index (χ2n) is 6.59. The van der Waals surface area contributed by atoms with Crippen LogP contribution in [0.2, 0.25) is 0 Å². The zero-order valence-corrected chi connectivity index (χ0v) is 19.3. The van der Waals surface area contributed by atoms with Crippen LogP contribution in [0, 0.1) is 5.92 Å². The number of nitrogens with one attached hydrogen (secondary N) is 2. The number of hydroxylamine groups is 1. The van der Waals surface area contributed by atoms with E-state index in [1.54, 1.807) is 42.5 Å². The normalized spacial score (nSPS) is 12.9. The van der Waals surface area contributed by atoms with Crippen LogP contribution in [0.15, 0.2) is 63.6 Å². The molecule has 0 heterocycles. The predicted octanol–water partition coefficient (Wildman–Crippen LogP) is 5.68. The van der Waals surface area contributed by atoms with Gasteiger partial charge < -0.3 is 9.84 Å². The van der Waals surface area contributed by atoms with Crippen LogP contribution in [0.5, 0.6) is 5.75 Å². The number of benzene rings is 2. The number of carbonyl (C=O) groups is 2. The van der Waals surface area contributed by atoms with Gasteiger partial charge in [0.05, 0.1) is 0 Å². The molecule has 0 saturated carbocycles. The van der Waals surface area contributed by atoms with Crippen molar-refractivity contribution in [2.24, 2.45) is 5.92 Å². The maximum Gasteiger partial charge on any atom is 0.412 e. The molecule has 0 radical (unpaired) electrons. The number of anilines is 1. The third kappa shape index (κ3) is 7.47. The standard InChI is InChI=1S/C21H22Br2N2O5/c1-13(4-2-3-5-19(27)25-29)20(17-12-15(23)8-11-18(17)26)30-21(28)24-16-9-6-14(22)7-10-16/h3,5-13,20,26,29H,2,4H2,1H3,(H,24,28)(H,25,27)/b5-3+/t13-,20+/m0/s1. The third-order valence-electron chi connectivity index (χ3n) is 4.31. The Morgan fingerprint density at radius 1 is 1.13 bits per heavy atom. The molecule has 0 unspecified atom stereocenters. The first kappa shape index (κ1) is 23.9. The van der Waals surface area contributed by atoms with Gasteiger partial charge in [0.2, 0.25) is 0 Å². The van der Waals surface area contributed by atoms with E-state index in [4.69, 9.17) is 9.94 Å². The van der Waals surface area contributed by atoms with Crippen molar-refractivity contribution in [2.45, 2.75) is 25.9 Å². The lowest BCUT2D eigenvalue weighted by atomic mass is 9.92. The van der Waals surface area contributed by atoms with Crippen LogP contribution in [-0.2, 0) is 9.53 Å². The smallest absolute Gasteiger partial charge is 0.412 e. The Morgan fingerprint density at radius 2 is 1.80 bits per heavy atom. The van der Waals surface area contributed by atoms with E-state index >= 15 is 0 Å². The third-order valence-corrected chi connectivity index (χ3v) is 5.33. The Balaban J connectivity index is 2.15. The molecule has 0 fully saturated rings. The summed E-state index contributed by atoms with van der Waals surface area (Å²) in [4.78, 5) is 23.6. The van der Waals surface area contributed by atoms with E-state index in [1.165, 1.54) is 17.6 Å². The molecule has 0 aliphatic rings. The summed E-state index contributed by atoms with van der Waals surface area (Å²) in [5.74, 6) is -0.779. The van der Waals surface area contributed by atoms with Crippen molar-refractivity contribution in [3.8, 4) is 5.75 Å². The quantitative estimate of drug-likeness (QED) is 0.195. The lowest BCUT2D eigenvalue weighted by molar-refractivity contribution is -0.124. The highest BCUT2D eigenvalue weighted by atomic mass is 79.9. The van der Waals surface area contributed by atoms with Gasteiger partial charge in [-0.15, -0.1) is 0 Å². The molecule has 2 rings (SSSR count). The van der Waals surface area contributed by atoms with E-state index in [0.29, 0.717) is 24.1 Å². The average Bonchev–Trinajstić information content (AvgIpc) is 2.72. The minimum atomic E-state index is -0.724. The van der Waals surface area contributed by atoms with E-state index in [2.05, 4.69) is 37.2 Å². The van der Waals surface area contributed by atoms with E-state index in [-0.39, 0.29) is 11.7 Å². The molecule has 2 aromatic carbocycles. The lowest BCUT2D eigenvalue weighted by Gasteiger charge is -2.25. The molecule has 4 N–H and O–H groups in total. The molecule has 0 aliphatic carbocycles. The van der Waals surface area contributed by atoms with Crippen LogP contribution < -0.4 is 10.8 Å². The van der Waals surface area contributed by atoms with Gasteiger partial charge in [0, 0.05) is 26.3 Å². The minimum absolute atomic E-state index is 0.0155. The molecule has 0 bridgehead atoms. The van der Waals surface area contributed by atoms with Crippen molar-refractivity contribution in [3.63, 3.8) is 0 Å². The number of phenols is 1. The fraction of sp³-hybridized carbons (Fsp3) is 0.238. The Morgan fingerprint density at radius 3 is 2.47 bits per heavy atom. The SMILES string of the molecule is C[C@@H](CC/C=C/C(=O)NO)[C@@H](OC(=O)Nc1ccc(Br)cc1)c1cc(Br)ccc1O. The largest absolute Gasteiger partial charge is 0.508 e. The molecule has 30 heavy (non-hydrogen) atoms. The zero-order valence-electron chi connectivity index (χ0n) is 16.1. The summed E-state index contributed by atoms with van der Waals surface area (Å²) in [5.41, 5.74) is 2.57. The number of allylic oxidation sites excluding steroid dienone is 1. The summed E-state index contributed by atoms with van der Waals surface area (Å²) in [6.07, 6.45) is 2.54. The number of amides is 2. The fourth-order valence-electron chi connectivity index (χ4n) is 2.77. The second-order valence-corrected chi connectivity index (χ2v) is 8.43. The van der Waals surface area contributed by atoms with Crippen molar-refractivity contribution in [3.05, 3.63) is 69.1 Å². The Hall–Kier alpha value is -2.36. The van der Waals surface area contributed by atoms with Crippen LogP contribution in [0.1, 0.15) is 31.4 Å². The van der Waals surface area contributed by atoms with Crippen molar-refractivity contribution in [2.75, 3.05) is 5.32 Å². The molecule has 0 aromatic heterocycles. The molecular formula is C21H22Br2N2O5. The van der Waals surface area contributed by atoms with E-state index in [9.17, 15) is 14.7 Å². The summed E-state index contributed by atoms with van der Waals surface area (Å²) in [5, 5.41) is 21.5. The van der Waals surface area contributed by atoms with Crippen molar-refractivity contribution < 1.29 is 24.6 Å². The van der Waals surface area contributed by atoms with Gasteiger partial charge in [-0.2, -0.15) is 0 Å². The topological polar surface area (TPSA) is 108 Å². The lowest BCUT2D eigenvalue weighted by Crippen LogP contribution is -2.22. The van der Waals surface area contributed by atoms with E-state index in [1.807, 2.05) is 6.92 Å².